The minimum absolute atomic E-state index is 0.147. The maximum atomic E-state index is 11.5. The summed E-state index contributed by atoms with van der Waals surface area (Å²) in [6.07, 6.45) is 1.15. The van der Waals surface area contributed by atoms with E-state index in [1.54, 1.807) is 11.8 Å². The third kappa shape index (κ3) is 6.63. The number of rotatable bonds is 11. The molecule has 8 aromatic carbocycles. The Kier molecular flexibility index (Phi) is 9.68. The van der Waals surface area contributed by atoms with Crippen molar-refractivity contribution in [1.29, 1.82) is 0 Å². The first-order valence-electron chi connectivity index (χ1n) is 19.4. The minimum atomic E-state index is -0.643. The van der Waals surface area contributed by atoms with Gasteiger partial charge in [0.05, 0.1) is 5.41 Å². The molecule has 0 aromatic heterocycles. The van der Waals surface area contributed by atoms with Crippen LogP contribution in [0.1, 0.15) is 33.4 Å². The van der Waals surface area contributed by atoms with Gasteiger partial charge in [-0.25, -0.2) is 4.79 Å². The van der Waals surface area contributed by atoms with Crippen molar-refractivity contribution >= 4 is 49.9 Å². The molecule has 0 aliphatic heterocycles. The van der Waals surface area contributed by atoms with E-state index in [0.717, 1.165) is 37.9 Å². The Balaban J connectivity index is 1.22. The second-order valence-electron chi connectivity index (χ2n) is 14.7. The molecule has 4 nitrogen and oxygen atoms in total. The Bertz CT molecular complexity index is 2900. The second kappa shape index (κ2) is 15.3. The molecule has 0 saturated carbocycles. The molecule has 5 heteroatoms. The van der Waals surface area contributed by atoms with Gasteiger partial charge in [-0.15, -0.1) is 0 Å². The first-order chi connectivity index (χ1) is 28.3. The number of fused-ring (bicyclic) bond motifs is 5. The molecule has 0 heterocycles. The fourth-order valence-electron chi connectivity index (χ4n) is 8.31. The van der Waals surface area contributed by atoms with Gasteiger partial charge >= 0.3 is 5.97 Å². The van der Waals surface area contributed by atoms with Crippen molar-refractivity contribution in [3.8, 4) is 28.0 Å². The largest absolute Gasteiger partial charge is 0.490 e. The summed E-state index contributed by atoms with van der Waals surface area (Å²) in [5.74, 6) is 0.246. The molecule has 0 amide bonds. The lowest BCUT2D eigenvalue weighted by molar-refractivity contribution is -0.138. The van der Waals surface area contributed by atoms with Crippen molar-refractivity contribution in [2.75, 3.05) is 18.9 Å². The van der Waals surface area contributed by atoms with Crippen molar-refractivity contribution in [2.45, 2.75) is 17.2 Å². The summed E-state index contributed by atoms with van der Waals surface area (Å²) in [6.45, 7) is 10.4. The lowest BCUT2D eigenvalue weighted by Gasteiger charge is -2.34. The second-order valence-corrected chi connectivity index (χ2v) is 15.8. The highest BCUT2D eigenvalue weighted by molar-refractivity contribution is 8.08. The van der Waals surface area contributed by atoms with Gasteiger partial charge in [0.15, 0.2) is 0 Å². The van der Waals surface area contributed by atoms with Crippen LogP contribution in [0.4, 0.5) is 5.69 Å². The first kappa shape index (κ1) is 36.8. The van der Waals surface area contributed by atoms with Crippen molar-refractivity contribution in [1.82, 2.24) is 0 Å². The fraction of sp³-hybridized carbons (Fsp3) is 0.0755. The molecule has 58 heavy (non-hydrogen) atoms. The maximum Gasteiger partial charge on any atom is 0.330 e. The summed E-state index contributed by atoms with van der Waals surface area (Å²) in [5, 5.41) is 4.55. The Labute approximate surface area is 343 Å². The maximum absolute atomic E-state index is 11.5. The number of ether oxygens (including phenoxy) is 2. The Morgan fingerprint density at radius 2 is 1.31 bits per heavy atom. The lowest BCUT2D eigenvalue weighted by Crippen LogP contribution is -2.28. The van der Waals surface area contributed by atoms with Crippen LogP contribution in [-0.4, -0.2) is 19.2 Å². The summed E-state index contributed by atoms with van der Waals surface area (Å²) in [6, 6.07) is 58.9. The van der Waals surface area contributed by atoms with E-state index >= 15 is 0 Å². The van der Waals surface area contributed by atoms with E-state index in [1.165, 1.54) is 60.8 Å². The number of hydrogen-bond acceptors (Lipinski definition) is 5. The third-order valence-corrected chi connectivity index (χ3v) is 12.3. The normalized spacial score (nSPS) is 14.2. The predicted octanol–water partition coefficient (Wildman–Crippen LogP) is 12.8. The standard InChI is InChI=1S/C53H41NO3S/c1-4-52(55)57-28-27-56-45-25-20-40-29-44(24-19-41(40)30-45)53(43-22-17-36(18-23-43)35(3)58-51-12-8-7-11-50(51)54)48-26-21-42(37-15-13-34(2)14-16-37)32-46(48)47-31-38-9-5-6-10-39(38)33-49(47)53/h4-26,29-33H,1,3,27-28,54H2,2H3. The van der Waals surface area contributed by atoms with Crippen molar-refractivity contribution < 1.29 is 14.3 Å². The number of anilines is 1. The molecule has 0 spiro atoms. The SMILES string of the molecule is C=CC(=O)OCCOc1ccc2cc(C3(c4ccc(C(=C)Sc5ccccc5N)cc4)c4ccc(-c5ccc(C)cc5)cc4-c4cc5ccccc5cc43)ccc2c1. The van der Waals surface area contributed by atoms with E-state index in [0.29, 0.717) is 5.75 Å². The molecule has 2 N–H and O–H groups in total. The summed E-state index contributed by atoms with van der Waals surface area (Å²) in [7, 11) is 0. The van der Waals surface area contributed by atoms with Crippen LogP contribution in [0.5, 0.6) is 5.75 Å². The number of thioether (sulfide) groups is 1. The zero-order valence-corrected chi connectivity index (χ0v) is 33.0. The molecular formula is C53H41NO3S. The predicted molar refractivity (Wildman–Crippen MR) is 241 cm³/mol. The van der Waals surface area contributed by atoms with E-state index in [1.807, 2.05) is 36.4 Å². The molecule has 0 fully saturated rings. The van der Waals surface area contributed by atoms with Gasteiger partial charge in [0, 0.05) is 21.6 Å². The molecule has 1 aliphatic rings. The van der Waals surface area contributed by atoms with Crippen LogP contribution >= 0.6 is 11.8 Å². The van der Waals surface area contributed by atoms with Crippen LogP contribution in [0.3, 0.4) is 0 Å². The van der Waals surface area contributed by atoms with Gasteiger partial charge in [0.2, 0.25) is 0 Å². The van der Waals surface area contributed by atoms with Crippen LogP contribution in [0.15, 0.2) is 188 Å². The number of carbonyl (C=O) groups is 1. The molecule has 1 unspecified atom stereocenters. The number of benzene rings is 8. The number of carbonyl (C=O) groups excluding carboxylic acids is 1. The molecule has 0 saturated heterocycles. The van der Waals surface area contributed by atoms with Crippen molar-refractivity contribution in [3.05, 3.63) is 216 Å². The Morgan fingerprint density at radius 3 is 2.09 bits per heavy atom. The molecule has 0 radical (unpaired) electrons. The van der Waals surface area contributed by atoms with Crippen LogP contribution in [0.2, 0.25) is 0 Å². The van der Waals surface area contributed by atoms with E-state index in [-0.39, 0.29) is 13.2 Å². The van der Waals surface area contributed by atoms with Crippen molar-refractivity contribution in [3.63, 3.8) is 0 Å². The van der Waals surface area contributed by atoms with Gasteiger partial charge in [-0.3, -0.25) is 0 Å². The van der Waals surface area contributed by atoms with Gasteiger partial charge in [0.25, 0.3) is 0 Å². The third-order valence-electron chi connectivity index (χ3n) is 11.2. The molecular weight excluding hydrogens is 731 g/mol. The van der Waals surface area contributed by atoms with Gasteiger partial charge in [-0.1, -0.05) is 146 Å². The Morgan fingerprint density at radius 1 is 0.655 bits per heavy atom. The lowest BCUT2D eigenvalue weighted by atomic mass is 9.67. The van der Waals surface area contributed by atoms with E-state index in [4.69, 9.17) is 15.2 Å². The molecule has 1 atom stereocenters. The smallest absolute Gasteiger partial charge is 0.330 e. The van der Waals surface area contributed by atoms with E-state index in [9.17, 15) is 4.79 Å². The number of hydrogen-bond donors (Lipinski definition) is 1. The van der Waals surface area contributed by atoms with Gasteiger partial charge in [-0.05, 0) is 127 Å². The average Bonchev–Trinajstić information content (AvgIpc) is 3.54. The fourth-order valence-corrected chi connectivity index (χ4v) is 9.16. The summed E-state index contributed by atoms with van der Waals surface area (Å²) in [5.41, 5.74) is 18.3. The topological polar surface area (TPSA) is 61.5 Å². The average molecular weight is 772 g/mol. The van der Waals surface area contributed by atoms with Gasteiger partial charge < -0.3 is 15.2 Å². The number of para-hydroxylation sites is 1. The highest BCUT2D eigenvalue weighted by Gasteiger charge is 2.46. The molecule has 1 aliphatic carbocycles. The molecule has 9 rings (SSSR count). The minimum Gasteiger partial charge on any atom is -0.490 e. The summed E-state index contributed by atoms with van der Waals surface area (Å²) < 4.78 is 11.1. The van der Waals surface area contributed by atoms with Crippen LogP contribution in [-0.2, 0) is 14.9 Å². The summed E-state index contributed by atoms with van der Waals surface area (Å²) in [4.78, 5) is 13.4. The zero-order chi connectivity index (χ0) is 39.8. The number of nitrogen functional groups attached to an aromatic ring is 1. The van der Waals surface area contributed by atoms with E-state index < -0.39 is 11.4 Å². The first-order valence-corrected chi connectivity index (χ1v) is 20.2. The van der Waals surface area contributed by atoms with Crippen LogP contribution < -0.4 is 10.5 Å². The highest BCUT2D eigenvalue weighted by Crippen LogP contribution is 2.58. The van der Waals surface area contributed by atoms with Gasteiger partial charge in [-0.2, -0.15) is 0 Å². The number of esters is 1. The highest BCUT2D eigenvalue weighted by atomic mass is 32.2. The van der Waals surface area contributed by atoms with E-state index in [2.05, 4.69) is 147 Å². The molecule has 0 bridgehead atoms. The number of nitrogens with two attached hydrogens (primary N) is 1. The zero-order valence-electron chi connectivity index (χ0n) is 32.2. The summed E-state index contributed by atoms with van der Waals surface area (Å²) >= 11 is 1.59. The van der Waals surface area contributed by atoms with Crippen molar-refractivity contribution in [2.24, 2.45) is 0 Å². The molecule has 282 valence electrons. The number of aryl methyl sites for hydroxylation is 1. The quantitative estimate of drug-likeness (QED) is 0.0466. The molecule has 8 aromatic rings. The Hall–Kier alpha value is -6.82. The monoisotopic (exact) mass is 771 g/mol. The van der Waals surface area contributed by atoms with Crippen LogP contribution in [0.25, 0.3) is 48.7 Å². The van der Waals surface area contributed by atoms with Crippen LogP contribution in [0, 0.1) is 6.92 Å². The van der Waals surface area contributed by atoms with Gasteiger partial charge in [0.1, 0.15) is 19.0 Å².